The van der Waals surface area contributed by atoms with Crippen LogP contribution in [0.25, 0.3) is 0 Å². The third-order valence-electron chi connectivity index (χ3n) is 2.18. The summed E-state index contributed by atoms with van der Waals surface area (Å²) in [5.41, 5.74) is 0. The molecule has 0 aliphatic rings. The predicted octanol–water partition coefficient (Wildman–Crippen LogP) is 3.06. The Morgan fingerprint density at radius 2 is 2.31 bits per heavy atom. The van der Waals surface area contributed by atoms with Crippen LogP contribution in [0.5, 0.6) is 0 Å². The number of halogens is 1. The van der Waals surface area contributed by atoms with Crippen molar-refractivity contribution in [1.29, 1.82) is 0 Å². The van der Waals surface area contributed by atoms with Crippen molar-refractivity contribution in [3.05, 3.63) is 16.1 Å². The fourth-order valence-electron chi connectivity index (χ4n) is 1.12. The first-order valence-corrected chi connectivity index (χ1v) is 6.90. The van der Waals surface area contributed by atoms with E-state index in [1.54, 1.807) is 11.3 Å². The smallest absolute Gasteiger partial charge is 0.236 e. The molecule has 1 unspecified atom stereocenters. The number of aromatic nitrogens is 1. The molecule has 16 heavy (non-hydrogen) atoms. The van der Waals surface area contributed by atoms with Crippen LogP contribution in [-0.4, -0.2) is 15.2 Å². The van der Waals surface area contributed by atoms with Crippen LogP contribution < -0.4 is 5.32 Å². The molecule has 1 heterocycles. The van der Waals surface area contributed by atoms with E-state index in [-0.39, 0.29) is 11.9 Å². The molecule has 5 heteroatoms. The molecule has 1 amide bonds. The predicted molar refractivity (Wildman–Crippen MR) is 71.1 cm³/mol. The van der Waals surface area contributed by atoms with E-state index >= 15 is 0 Å². The zero-order valence-corrected chi connectivity index (χ0v) is 12.4. The van der Waals surface area contributed by atoms with E-state index in [4.69, 9.17) is 0 Å². The van der Waals surface area contributed by atoms with Crippen LogP contribution in [0.15, 0.2) is 6.20 Å². The van der Waals surface area contributed by atoms with Crippen LogP contribution in [0.3, 0.4) is 0 Å². The van der Waals surface area contributed by atoms with Crippen LogP contribution in [-0.2, 0) is 11.2 Å². The third-order valence-corrected chi connectivity index (χ3v) is 3.86. The Hall–Kier alpha value is -0.420. The summed E-state index contributed by atoms with van der Waals surface area (Å²) in [7, 11) is 0. The summed E-state index contributed by atoms with van der Waals surface area (Å²) >= 11 is 4.99. The lowest BCUT2D eigenvalue weighted by Crippen LogP contribution is -2.38. The molecule has 1 aromatic heterocycles. The van der Waals surface area contributed by atoms with Gasteiger partial charge in [-0.1, -0.05) is 22.9 Å². The normalized spacial score (nSPS) is 13.6. The zero-order chi connectivity index (χ0) is 12.3. The highest BCUT2D eigenvalue weighted by Crippen LogP contribution is 2.22. The van der Waals surface area contributed by atoms with Gasteiger partial charge in [-0.3, -0.25) is 4.79 Å². The van der Waals surface area contributed by atoms with Crippen molar-refractivity contribution in [2.45, 2.75) is 44.5 Å². The quantitative estimate of drug-likeness (QED) is 0.869. The lowest BCUT2D eigenvalue weighted by Gasteiger charge is -2.19. The highest BCUT2D eigenvalue weighted by atomic mass is 79.9. The molecule has 0 fully saturated rings. The van der Waals surface area contributed by atoms with Gasteiger partial charge >= 0.3 is 0 Å². The van der Waals surface area contributed by atoms with E-state index in [0.717, 1.165) is 11.4 Å². The molecule has 0 aromatic carbocycles. The van der Waals surface area contributed by atoms with Gasteiger partial charge in [0.1, 0.15) is 5.01 Å². The minimum absolute atomic E-state index is 0.0201. The lowest BCUT2D eigenvalue weighted by molar-refractivity contribution is -0.123. The molecule has 90 valence electrons. The molecule has 0 bridgehead atoms. The van der Waals surface area contributed by atoms with E-state index < -0.39 is 4.32 Å². The van der Waals surface area contributed by atoms with E-state index in [0.29, 0.717) is 0 Å². The van der Waals surface area contributed by atoms with Gasteiger partial charge in [0, 0.05) is 11.1 Å². The number of rotatable bonds is 4. The maximum Gasteiger partial charge on any atom is 0.236 e. The van der Waals surface area contributed by atoms with Crippen LogP contribution in [0.4, 0.5) is 0 Å². The summed E-state index contributed by atoms with van der Waals surface area (Å²) in [6, 6.07) is -0.0328. The highest BCUT2D eigenvalue weighted by molar-refractivity contribution is 9.10. The van der Waals surface area contributed by atoms with Gasteiger partial charge in [-0.2, -0.15) is 0 Å². The molecule has 0 saturated heterocycles. The number of amides is 1. The van der Waals surface area contributed by atoms with Gasteiger partial charge in [-0.15, -0.1) is 11.3 Å². The van der Waals surface area contributed by atoms with Gasteiger partial charge in [0.05, 0.1) is 10.4 Å². The van der Waals surface area contributed by atoms with Crippen LogP contribution in [0.1, 0.15) is 43.6 Å². The Labute approximate surface area is 109 Å². The van der Waals surface area contributed by atoms with Gasteiger partial charge in [-0.05, 0) is 27.2 Å². The number of hydrogen-bond donors (Lipinski definition) is 1. The van der Waals surface area contributed by atoms with E-state index in [1.165, 1.54) is 4.88 Å². The molecule has 1 aromatic rings. The summed E-state index contributed by atoms with van der Waals surface area (Å²) in [5.74, 6) is -0.0201. The number of nitrogens with one attached hydrogen (secondary N) is 1. The molecule has 0 spiro atoms. The molecule has 1 atom stereocenters. The monoisotopic (exact) mass is 304 g/mol. The lowest BCUT2D eigenvalue weighted by atomic mass is 10.2. The van der Waals surface area contributed by atoms with Crippen LogP contribution in [0, 0.1) is 0 Å². The van der Waals surface area contributed by atoms with E-state index in [2.05, 4.69) is 33.2 Å². The van der Waals surface area contributed by atoms with Crippen LogP contribution >= 0.6 is 27.3 Å². The maximum atomic E-state index is 11.7. The van der Waals surface area contributed by atoms with Crippen molar-refractivity contribution >= 4 is 33.2 Å². The first-order valence-electron chi connectivity index (χ1n) is 5.29. The fraction of sp³-hybridized carbons (Fsp3) is 0.636. The molecular weight excluding hydrogens is 288 g/mol. The van der Waals surface area contributed by atoms with Gasteiger partial charge < -0.3 is 5.32 Å². The molecular formula is C11H17BrN2OS. The summed E-state index contributed by atoms with van der Waals surface area (Å²) in [6.07, 6.45) is 2.87. The zero-order valence-electron chi connectivity index (χ0n) is 10.0. The molecule has 1 rings (SSSR count). The summed E-state index contributed by atoms with van der Waals surface area (Å²) in [6.45, 7) is 7.71. The molecule has 0 aliphatic carbocycles. The van der Waals surface area contributed by atoms with Crippen molar-refractivity contribution in [2.75, 3.05) is 0 Å². The molecule has 3 nitrogen and oxygen atoms in total. The molecule has 0 saturated carbocycles. The summed E-state index contributed by atoms with van der Waals surface area (Å²) in [5, 5.41) is 3.90. The second-order valence-electron chi connectivity index (χ2n) is 4.19. The first kappa shape index (κ1) is 13.6. The topological polar surface area (TPSA) is 42.0 Å². The fourth-order valence-corrected chi connectivity index (χ4v) is 2.09. The van der Waals surface area contributed by atoms with E-state index in [9.17, 15) is 4.79 Å². The summed E-state index contributed by atoms with van der Waals surface area (Å²) < 4.78 is -0.536. The Balaban J connectivity index is 2.65. The van der Waals surface area contributed by atoms with Crippen molar-refractivity contribution in [1.82, 2.24) is 10.3 Å². The molecule has 0 aliphatic heterocycles. The molecule has 1 N–H and O–H groups in total. The minimum Gasteiger partial charge on any atom is -0.346 e. The number of alkyl halides is 1. The maximum absolute atomic E-state index is 11.7. The number of carbonyl (C=O) groups is 1. The standard InChI is InChI=1S/C11H17BrN2OS/c1-5-8-6-13-9(16-8)7(2)14-10(15)11(3,4)12/h6-7H,5H2,1-4H3,(H,14,15). The van der Waals surface area contributed by atoms with E-state index in [1.807, 2.05) is 27.0 Å². The summed E-state index contributed by atoms with van der Waals surface area (Å²) in [4.78, 5) is 17.3. The number of carbonyl (C=O) groups excluding carboxylic acids is 1. The Morgan fingerprint density at radius 1 is 1.69 bits per heavy atom. The average molecular weight is 305 g/mol. The highest BCUT2D eigenvalue weighted by Gasteiger charge is 2.25. The number of aryl methyl sites for hydroxylation is 1. The van der Waals surface area contributed by atoms with Crippen molar-refractivity contribution in [2.24, 2.45) is 0 Å². The molecule has 0 radical (unpaired) electrons. The van der Waals surface area contributed by atoms with Gasteiger partial charge in [-0.25, -0.2) is 4.98 Å². The second-order valence-corrected chi connectivity index (χ2v) is 7.32. The largest absolute Gasteiger partial charge is 0.346 e. The van der Waals surface area contributed by atoms with Crippen molar-refractivity contribution in [3.8, 4) is 0 Å². The number of thiazole rings is 1. The van der Waals surface area contributed by atoms with Crippen molar-refractivity contribution in [3.63, 3.8) is 0 Å². The average Bonchev–Trinajstić information content (AvgIpc) is 2.64. The first-order chi connectivity index (χ1) is 7.34. The Morgan fingerprint density at radius 3 is 2.75 bits per heavy atom. The Bertz CT molecular complexity index is 370. The Kier molecular flexibility index (Phi) is 4.50. The number of hydrogen-bond acceptors (Lipinski definition) is 3. The third kappa shape index (κ3) is 3.56. The SMILES string of the molecule is CCc1cnc(C(C)NC(=O)C(C)(C)Br)s1. The van der Waals surface area contributed by atoms with Crippen LogP contribution in [0.2, 0.25) is 0 Å². The van der Waals surface area contributed by atoms with Gasteiger partial charge in [0.15, 0.2) is 0 Å². The van der Waals surface area contributed by atoms with Gasteiger partial charge in [0.25, 0.3) is 0 Å². The van der Waals surface area contributed by atoms with Gasteiger partial charge in [0.2, 0.25) is 5.91 Å². The van der Waals surface area contributed by atoms with Crippen molar-refractivity contribution < 1.29 is 4.79 Å². The minimum atomic E-state index is -0.536. The number of nitrogens with zero attached hydrogens (tertiary/aromatic N) is 1. The second kappa shape index (κ2) is 5.27.